The van der Waals surface area contributed by atoms with Crippen molar-refractivity contribution < 1.29 is 9.59 Å². The minimum atomic E-state index is -0.131. The quantitative estimate of drug-likeness (QED) is 0.710. The number of fused-ring (bicyclic) bond motifs is 1. The van der Waals surface area contributed by atoms with Crippen LogP contribution in [0.5, 0.6) is 0 Å². The van der Waals surface area contributed by atoms with E-state index in [9.17, 15) is 9.59 Å². The largest absolute Gasteiger partial charge is 0.322 e. The van der Waals surface area contributed by atoms with Gasteiger partial charge in [-0.05, 0) is 31.2 Å². The predicted molar refractivity (Wildman–Crippen MR) is 108 cm³/mol. The van der Waals surface area contributed by atoms with Crippen molar-refractivity contribution in [3.8, 4) is 0 Å². The summed E-state index contributed by atoms with van der Waals surface area (Å²) >= 11 is 0. The third kappa shape index (κ3) is 4.04. The van der Waals surface area contributed by atoms with E-state index in [1.54, 1.807) is 29.2 Å². The second-order valence-electron chi connectivity index (χ2n) is 7.03. The number of rotatable bonds is 4. The standard InChI is InChI=1S/C21H23N5O2/c1-16(27)17-5-4-6-18(13-17)23-21(28)25-11-9-24(10-12-25)14-19-15-26-8-3-2-7-20(26)22-19/h2-8,13,15H,9-12,14H2,1H3,(H,23,28). The molecule has 7 nitrogen and oxygen atoms in total. The molecule has 144 valence electrons. The molecule has 3 aromatic rings. The molecule has 1 N–H and O–H groups in total. The molecule has 3 heterocycles. The van der Waals surface area contributed by atoms with Gasteiger partial charge in [0.25, 0.3) is 0 Å². The minimum absolute atomic E-state index is 0.0170. The second-order valence-corrected chi connectivity index (χ2v) is 7.03. The van der Waals surface area contributed by atoms with E-state index in [1.807, 2.05) is 28.8 Å². The first-order valence-electron chi connectivity index (χ1n) is 9.40. The molecular formula is C21H23N5O2. The average molecular weight is 377 g/mol. The number of anilines is 1. The Morgan fingerprint density at radius 1 is 1.07 bits per heavy atom. The van der Waals surface area contributed by atoms with Gasteiger partial charge in [-0.1, -0.05) is 18.2 Å². The molecule has 2 aromatic heterocycles. The third-order valence-corrected chi connectivity index (χ3v) is 4.98. The molecule has 1 aliphatic heterocycles. The smallest absolute Gasteiger partial charge is 0.321 e. The van der Waals surface area contributed by atoms with Crippen molar-refractivity contribution in [2.24, 2.45) is 0 Å². The van der Waals surface area contributed by atoms with E-state index in [1.165, 1.54) is 6.92 Å². The van der Waals surface area contributed by atoms with Crippen LogP contribution in [-0.4, -0.2) is 57.2 Å². The van der Waals surface area contributed by atoms with Gasteiger partial charge in [-0.2, -0.15) is 0 Å². The first-order chi connectivity index (χ1) is 13.6. The molecule has 0 unspecified atom stereocenters. The highest BCUT2D eigenvalue weighted by molar-refractivity contribution is 5.96. The Morgan fingerprint density at radius 3 is 2.64 bits per heavy atom. The van der Waals surface area contributed by atoms with Gasteiger partial charge in [0.1, 0.15) is 5.65 Å². The lowest BCUT2D eigenvalue weighted by Gasteiger charge is -2.34. The minimum Gasteiger partial charge on any atom is -0.322 e. The Balaban J connectivity index is 1.31. The number of pyridine rings is 1. The van der Waals surface area contributed by atoms with Crippen LogP contribution in [0.3, 0.4) is 0 Å². The second kappa shape index (κ2) is 7.82. The third-order valence-electron chi connectivity index (χ3n) is 4.98. The van der Waals surface area contributed by atoms with E-state index in [0.29, 0.717) is 24.3 Å². The zero-order chi connectivity index (χ0) is 19.5. The molecule has 7 heteroatoms. The lowest BCUT2D eigenvalue weighted by atomic mass is 10.1. The fourth-order valence-electron chi connectivity index (χ4n) is 3.42. The fourth-order valence-corrected chi connectivity index (χ4v) is 3.42. The Bertz CT molecular complexity index is 972. The molecule has 0 saturated carbocycles. The molecule has 1 saturated heterocycles. The van der Waals surface area contributed by atoms with Gasteiger partial charge in [-0.3, -0.25) is 9.69 Å². The predicted octanol–water partition coefficient (Wildman–Crippen LogP) is 2.89. The van der Waals surface area contributed by atoms with Crippen molar-refractivity contribution >= 4 is 23.1 Å². The molecule has 1 fully saturated rings. The van der Waals surface area contributed by atoms with Crippen LogP contribution in [0.4, 0.5) is 10.5 Å². The van der Waals surface area contributed by atoms with Crippen molar-refractivity contribution in [2.45, 2.75) is 13.5 Å². The van der Waals surface area contributed by atoms with Crippen molar-refractivity contribution in [2.75, 3.05) is 31.5 Å². The molecule has 2 amide bonds. The van der Waals surface area contributed by atoms with Crippen LogP contribution in [0, 0.1) is 0 Å². The molecule has 1 aliphatic rings. The number of ketones is 1. The number of piperazine rings is 1. The number of hydrogen-bond acceptors (Lipinski definition) is 4. The normalized spacial score (nSPS) is 15.0. The summed E-state index contributed by atoms with van der Waals surface area (Å²) in [6.07, 6.45) is 4.05. The number of Topliss-reactive ketones (excluding diaryl/α,β-unsaturated/α-hetero) is 1. The summed E-state index contributed by atoms with van der Waals surface area (Å²) in [5.74, 6) is -0.0170. The van der Waals surface area contributed by atoms with E-state index < -0.39 is 0 Å². The molecule has 0 bridgehead atoms. The number of carbonyl (C=O) groups excluding carboxylic acids is 2. The van der Waals surface area contributed by atoms with Gasteiger partial charge >= 0.3 is 6.03 Å². The van der Waals surface area contributed by atoms with E-state index in [2.05, 4.69) is 21.4 Å². The van der Waals surface area contributed by atoms with Crippen molar-refractivity contribution in [3.05, 3.63) is 66.1 Å². The van der Waals surface area contributed by atoms with E-state index in [4.69, 9.17) is 0 Å². The summed E-state index contributed by atoms with van der Waals surface area (Å²) in [6.45, 7) is 5.21. The van der Waals surface area contributed by atoms with Gasteiger partial charge in [0.05, 0.1) is 5.69 Å². The maximum absolute atomic E-state index is 12.5. The number of urea groups is 1. The summed E-state index contributed by atoms with van der Waals surface area (Å²) in [4.78, 5) is 32.8. The number of aromatic nitrogens is 2. The van der Waals surface area contributed by atoms with E-state index >= 15 is 0 Å². The summed E-state index contributed by atoms with van der Waals surface area (Å²) in [6, 6.07) is 12.9. The Morgan fingerprint density at radius 2 is 1.89 bits per heavy atom. The zero-order valence-corrected chi connectivity index (χ0v) is 15.8. The fraction of sp³-hybridized carbons (Fsp3) is 0.286. The summed E-state index contributed by atoms with van der Waals surface area (Å²) in [5.41, 5.74) is 3.22. The van der Waals surface area contributed by atoms with Crippen LogP contribution < -0.4 is 5.32 Å². The number of nitrogens with zero attached hydrogens (tertiary/aromatic N) is 4. The maximum Gasteiger partial charge on any atom is 0.321 e. The van der Waals surface area contributed by atoms with Crippen molar-refractivity contribution in [3.63, 3.8) is 0 Å². The molecule has 1 aromatic carbocycles. The molecule has 0 spiro atoms. The molecule has 0 aliphatic carbocycles. The zero-order valence-electron chi connectivity index (χ0n) is 15.8. The molecular weight excluding hydrogens is 354 g/mol. The van der Waals surface area contributed by atoms with Gasteiger partial charge in [-0.25, -0.2) is 9.78 Å². The molecule has 0 atom stereocenters. The molecule has 28 heavy (non-hydrogen) atoms. The number of hydrogen-bond donors (Lipinski definition) is 1. The highest BCUT2D eigenvalue weighted by atomic mass is 16.2. The number of carbonyl (C=O) groups is 2. The monoisotopic (exact) mass is 377 g/mol. The van der Waals surface area contributed by atoms with Gasteiger partial charge in [0, 0.05) is 56.4 Å². The van der Waals surface area contributed by atoms with Crippen LogP contribution >= 0.6 is 0 Å². The molecule has 4 rings (SSSR count). The van der Waals surface area contributed by atoms with Gasteiger partial charge in [0.15, 0.2) is 5.78 Å². The van der Waals surface area contributed by atoms with Crippen molar-refractivity contribution in [1.82, 2.24) is 19.2 Å². The number of imidazole rings is 1. The molecule has 0 radical (unpaired) electrons. The topological polar surface area (TPSA) is 70.0 Å². The van der Waals surface area contributed by atoms with Crippen LogP contribution in [0.2, 0.25) is 0 Å². The summed E-state index contributed by atoms with van der Waals surface area (Å²) in [5, 5.41) is 2.89. The first-order valence-corrected chi connectivity index (χ1v) is 9.40. The Hall–Kier alpha value is -3.19. The Kier molecular flexibility index (Phi) is 5.08. The van der Waals surface area contributed by atoms with Gasteiger partial charge in [-0.15, -0.1) is 0 Å². The van der Waals surface area contributed by atoms with E-state index in [-0.39, 0.29) is 11.8 Å². The highest BCUT2D eigenvalue weighted by Gasteiger charge is 2.22. The van der Waals surface area contributed by atoms with Crippen LogP contribution in [0.1, 0.15) is 23.0 Å². The average Bonchev–Trinajstić information content (AvgIpc) is 3.11. The number of nitrogens with one attached hydrogen (secondary N) is 1. The summed E-state index contributed by atoms with van der Waals surface area (Å²) < 4.78 is 2.02. The summed E-state index contributed by atoms with van der Waals surface area (Å²) in [7, 11) is 0. The van der Waals surface area contributed by atoms with Gasteiger partial charge in [0.2, 0.25) is 0 Å². The van der Waals surface area contributed by atoms with Gasteiger partial charge < -0.3 is 14.6 Å². The lowest BCUT2D eigenvalue weighted by Crippen LogP contribution is -2.49. The van der Waals surface area contributed by atoms with E-state index in [0.717, 1.165) is 31.0 Å². The maximum atomic E-state index is 12.5. The van der Waals surface area contributed by atoms with Crippen LogP contribution in [0.25, 0.3) is 5.65 Å². The first kappa shape index (κ1) is 18.2. The Labute approximate surface area is 163 Å². The van der Waals surface area contributed by atoms with Crippen LogP contribution in [-0.2, 0) is 6.54 Å². The lowest BCUT2D eigenvalue weighted by molar-refractivity contribution is 0.101. The van der Waals surface area contributed by atoms with Crippen LogP contribution in [0.15, 0.2) is 54.9 Å². The SMILES string of the molecule is CC(=O)c1cccc(NC(=O)N2CCN(Cc3cn4ccccc4n3)CC2)c1. The highest BCUT2D eigenvalue weighted by Crippen LogP contribution is 2.14. The number of benzene rings is 1. The van der Waals surface area contributed by atoms with Crippen molar-refractivity contribution in [1.29, 1.82) is 0 Å². The number of amides is 2.